The molecule has 0 heterocycles. The maximum atomic E-state index is 12.3. The number of aliphatic carboxylic acids is 1. The largest absolute Gasteiger partial charge is 0.479 e. The number of hydrogen-bond donors (Lipinski definition) is 2. The summed E-state index contributed by atoms with van der Waals surface area (Å²) in [5, 5.41) is 12.6. The molecule has 3 unspecified atom stereocenters. The Bertz CT molecular complexity index is 545. The normalized spacial score (nSPS) is 28.3. The number of carbonyl (C=O) groups is 2. The lowest BCUT2D eigenvalue weighted by molar-refractivity contribution is -0.142. The number of carboxylic acids is 1. The van der Waals surface area contributed by atoms with Crippen LogP contribution in [0.25, 0.3) is 0 Å². The van der Waals surface area contributed by atoms with Gasteiger partial charge in [-0.25, -0.2) is 4.79 Å². The van der Waals surface area contributed by atoms with E-state index in [2.05, 4.69) is 5.32 Å². The first-order chi connectivity index (χ1) is 10.1. The highest BCUT2D eigenvalue weighted by molar-refractivity contribution is 6.30. The van der Waals surface area contributed by atoms with E-state index in [1.165, 1.54) is 12.8 Å². The second-order valence-corrected chi connectivity index (χ2v) is 6.41. The molecule has 2 N–H and O–H groups in total. The average molecular weight is 308 g/mol. The van der Waals surface area contributed by atoms with Crippen LogP contribution in [0.15, 0.2) is 24.3 Å². The molecular weight excluding hydrogens is 290 g/mol. The maximum absolute atomic E-state index is 12.3. The summed E-state index contributed by atoms with van der Waals surface area (Å²) in [4.78, 5) is 23.8. The number of fused-ring (bicyclic) bond motifs is 1. The Kier molecular flexibility index (Phi) is 3.89. The average Bonchev–Trinajstić information content (AvgIpc) is 3.20. The van der Waals surface area contributed by atoms with E-state index >= 15 is 0 Å². The molecule has 2 aliphatic rings. The highest BCUT2D eigenvalue weighted by Gasteiger charge is 2.55. The molecule has 112 valence electrons. The van der Waals surface area contributed by atoms with Crippen LogP contribution in [0.3, 0.4) is 0 Å². The zero-order valence-corrected chi connectivity index (χ0v) is 12.3. The molecule has 1 amide bonds. The summed E-state index contributed by atoms with van der Waals surface area (Å²) < 4.78 is 0. The van der Waals surface area contributed by atoms with Crippen molar-refractivity contribution in [3.05, 3.63) is 34.9 Å². The molecular formula is C16H18ClNO3. The van der Waals surface area contributed by atoms with Gasteiger partial charge in [-0.3, -0.25) is 4.79 Å². The number of rotatable bonds is 4. The number of nitrogens with one attached hydrogen (secondary N) is 1. The third-order valence-corrected chi connectivity index (χ3v) is 4.95. The van der Waals surface area contributed by atoms with E-state index in [0.717, 1.165) is 12.8 Å². The van der Waals surface area contributed by atoms with Gasteiger partial charge >= 0.3 is 5.97 Å². The van der Waals surface area contributed by atoms with Crippen molar-refractivity contribution in [3.63, 3.8) is 0 Å². The Labute approximate surface area is 128 Å². The van der Waals surface area contributed by atoms with Crippen molar-refractivity contribution < 1.29 is 14.7 Å². The van der Waals surface area contributed by atoms with E-state index in [-0.39, 0.29) is 11.8 Å². The molecule has 2 fully saturated rings. The van der Waals surface area contributed by atoms with Crippen LogP contribution in [0.5, 0.6) is 0 Å². The summed E-state index contributed by atoms with van der Waals surface area (Å²) in [6, 6.07) is 5.55. The van der Waals surface area contributed by atoms with Gasteiger partial charge in [-0.15, -0.1) is 0 Å². The number of halogens is 1. The fourth-order valence-corrected chi connectivity index (χ4v) is 3.69. The van der Waals surface area contributed by atoms with E-state index in [9.17, 15) is 14.7 Å². The van der Waals surface area contributed by atoms with Crippen molar-refractivity contribution >= 4 is 23.5 Å². The van der Waals surface area contributed by atoms with Crippen molar-refractivity contribution in [1.29, 1.82) is 0 Å². The highest BCUT2D eigenvalue weighted by Crippen LogP contribution is 2.55. The summed E-state index contributed by atoms with van der Waals surface area (Å²) >= 11 is 5.81. The number of benzene rings is 1. The first-order valence-electron chi connectivity index (χ1n) is 7.36. The fraction of sp³-hybridized carbons (Fsp3) is 0.500. The number of carbonyl (C=O) groups excluding carboxylic acids is 1. The standard InChI is InChI=1S/C16H18ClNO3/c17-10-7-5-9(6-8-10)14(16(20)21)18-15(19)13-11-3-1-2-4-12(11)13/h5-8,11-14H,1-4H2,(H,18,19)(H,20,21). The zero-order valence-electron chi connectivity index (χ0n) is 11.6. The van der Waals surface area contributed by atoms with E-state index in [4.69, 9.17) is 11.6 Å². The van der Waals surface area contributed by atoms with Crippen LogP contribution in [-0.4, -0.2) is 17.0 Å². The Hall–Kier alpha value is -1.55. The molecule has 21 heavy (non-hydrogen) atoms. The monoisotopic (exact) mass is 307 g/mol. The summed E-state index contributed by atoms with van der Waals surface area (Å²) in [5.41, 5.74) is 0.545. The number of carboxylic acid groups (broad SMARTS) is 1. The van der Waals surface area contributed by atoms with Crippen molar-refractivity contribution in [2.45, 2.75) is 31.7 Å². The minimum Gasteiger partial charge on any atom is -0.479 e. The first-order valence-corrected chi connectivity index (χ1v) is 7.74. The predicted octanol–water partition coefficient (Wildman–Crippen LogP) is 3.02. The molecule has 2 aliphatic carbocycles. The summed E-state index contributed by atoms with van der Waals surface area (Å²) in [7, 11) is 0. The van der Waals surface area contributed by atoms with Gasteiger partial charge in [-0.1, -0.05) is 36.6 Å². The van der Waals surface area contributed by atoms with Gasteiger partial charge in [0.25, 0.3) is 0 Å². The molecule has 0 saturated heterocycles. The second kappa shape index (κ2) is 5.68. The fourth-order valence-electron chi connectivity index (χ4n) is 3.56. The Morgan fingerprint density at radius 3 is 2.24 bits per heavy atom. The van der Waals surface area contributed by atoms with Gasteiger partial charge in [0.2, 0.25) is 5.91 Å². The number of amides is 1. The van der Waals surface area contributed by atoms with Crippen LogP contribution >= 0.6 is 11.6 Å². The molecule has 0 spiro atoms. The van der Waals surface area contributed by atoms with Crippen molar-refractivity contribution in [2.24, 2.45) is 17.8 Å². The second-order valence-electron chi connectivity index (χ2n) is 5.97. The SMILES string of the molecule is O=C(O)C(NC(=O)C1C2CCCCC21)c1ccc(Cl)cc1. The molecule has 1 aromatic rings. The molecule has 3 atom stereocenters. The van der Waals surface area contributed by atoms with Crippen molar-refractivity contribution in [1.82, 2.24) is 5.32 Å². The quantitative estimate of drug-likeness (QED) is 0.898. The van der Waals surface area contributed by atoms with Crippen LogP contribution in [0.2, 0.25) is 5.02 Å². The minimum absolute atomic E-state index is 0.0154. The molecule has 0 radical (unpaired) electrons. The third kappa shape index (κ3) is 2.91. The van der Waals surface area contributed by atoms with E-state index in [1.54, 1.807) is 24.3 Å². The Balaban J connectivity index is 1.69. The molecule has 0 bridgehead atoms. The molecule has 0 aromatic heterocycles. The maximum Gasteiger partial charge on any atom is 0.330 e. The molecule has 4 nitrogen and oxygen atoms in total. The molecule has 5 heteroatoms. The number of hydrogen-bond acceptors (Lipinski definition) is 2. The van der Waals surface area contributed by atoms with Crippen molar-refractivity contribution in [2.75, 3.05) is 0 Å². The van der Waals surface area contributed by atoms with Crippen LogP contribution in [0.4, 0.5) is 0 Å². The van der Waals surface area contributed by atoms with Gasteiger partial charge in [0.1, 0.15) is 0 Å². The minimum atomic E-state index is -1.05. The zero-order chi connectivity index (χ0) is 15.0. The molecule has 0 aliphatic heterocycles. The van der Waals surface area contributed by atoms with E-state index in [1.807, 2.05) is 0 Å². The summed E-state index contributed by atoms with van der Waals surface area (Å²) in [5.74, 6) is -0.206. The van der Waals surface area contributed by atoms with Crippen LogP contribution in [-0.2, 0) is 9.59 Å². The van der Waals surface area contributed by atoms with Gasteiger partial charge in [0.15, 0.2) is 6.04 Å². The topological polar surface area (TPSA) is 66.4 Å². The van der Waals surface area contributed by atoms with Gasteiger partial charge in [-0.05, 0) is 42.4 Å². The van der Waals surface area contributed by atoms with Crippen LogP contribution in [0.1, 0.15) is 37.3 Å². The lowest BCUT2D eigenvalue weighted by atomic mass is 10.0. The summed E-state index contributed by atoms with van der Waals surface area (Å²) in [6.07, 6.45) is 4.57. The van der Waals surface area contributed by atoms with E-state index < -0.39 is 12.0 Å². The van der Waals surface area contributed by atoms with E-state index in [0.29, 0.717) is 22.4 Å². The van der Waals surface area contributed by atoms with Gasteiger partial charge in [0, 0.05) is 10.9 Å². The van der Waals surface area contributed by atoms with Gasteiger partial charge in [-0.2, -0.15) is 0 Å². The first kappa shape index (κ1) is 14.4. The highest BCUT2D eigenvalue weighted by atomic mass is 35.5. The molecule has 2 saturated carbocycles. The Morgan fingerprint density at radius 1 is 1.14 bits per heavy atom. The molecule has 1 aromatic carbocycles. The molecule has 3 rings (SSSR count). The van der Waals surface area contributed by atoms with Crippen LogP contribution < -0.4 is 5.32 Å². The summed E-state index contributed by atoms with van der Waals surface area (Å²) in [6.45, 7) is 0. The van der Waals surface area contributed by atoms with Gasteiger partial charge in [0.05, 0.1) is 0 Å². The van der Waals surface area contributed by atoms with Gasteiger partial charge < -0.3 is 10.4 Å². The predicted molar refractivity (Wildman–Crippen MR) is 78.9 cm³/mol. The lowest BCUT2D eigenvalue weighted by Crippen LogP contribution is -2.35. The third-order valence-electron chi connectivity index (χ3n) is 4.70. The van der Waals surface area contributed by atoms with Crippen molar-refractivity contribution in [3.8, 4) is 0 Å². The lowest BCUT2D eigenvalue weighted by Gasteiger charge is -2.15. The van der Waals surface area contributed by atoms with Crippen LogP contribution in [0, 0.1) is 17.8 Å². The Morgan fingerprint density at radius 2 is 1.71 bits per heavy atom. The smallest absolute Gasteiger partial charge is 0.330 e.